The van der Waals surface area contributed by atoms with Crippen LogP contribution in [0.4, 0.5) is 0 Å². The third-order valence-corrected chi connectivity index (χ3v) is 3.84. The highest BCUT2D eigenvalue weighted by Crippen LogP contribution is 2.19. The van der Waals surface area contributed by atoms with E-state index in [0.717, 1.165) is 5.39 Å². The standard InChI is InChI=1S/C18H13N3O3/c22-17-13-7-3-2-6-12(13)14(20-21-17)10-19-18(23)16-9-11-5-1-4-8-15(11)24-16/h1-9H,10H2,(H,19,23)(H,21,22). The summed E-state index contributed by atoms with van der Waals surface area (Å²) in [7, 11) is 0. The Balaban J connectivity index is 1.60. The van der Waals surface area contributed by atoms with Gasteiger partial charge in [0.1, 0.15) is 5.58 Å². The highest BCUT2D eigenvalue weighted by atomic mass is 16.3. The van der Waals surface area contributed by atoms with E-state index in [0.29, 0.717) is 22.0 Å². The minimum absolute atomic E-state index is 0.188. The number of hydrogen-bond donors (Lipinski definition) is 2. The number of para-hydroxylation sites is 1. The average Bonchev–Trinajstić information content (AvgIpc) is 3.05. The Labute approximate surface area is 136 Å². The molecule has 0 fully saturated rings. The van der Waals surface area contributed by atoms with E-state index in [1.807, 2.05) is 30.3 Å². The number of nitrogens with zero attached hydrogens (tertiary/aromatic N) is 1. The molecule has 0 aliphatic carbocycles. The molecule has 2 heterocycles. The maximum atomic E-state index is 12.3. The molecule has 1 amide bonds. The van der Waals surface area contributed by atoms with E-state index in [1.165, 1.54) is 0 Å². The third-order valence-electron chi connectivity index (χ3n) is 3.84. The second-order valence-electron chi connectivity index (χ2n) is 5.38. The summed E-state index contributed by atoms with van der Waals surface area (Å²) in [5.41, 5.74) is 1.00. The molecule has 0 spiro atoms. The number of H-pyrrole nitrogens is 1. The van der Waals surface area contributed by atoms with Gasteiger partial charge in [-0.3, -0.25) is 9.59 Å². The van der Waals surface area contributed by atoms with E-state index >= 15 is 0 Å². The number of fused-ring (bicyclic) bond motifs is 2. The zero-order valence-electron chi connectivity index (χ0n) is 12.6. The molecule has 2 aromatic carbocycles. The highest BCUT2D eigenvalue weighted by Gasteiger charge is 2.13. The van der Waals surface area contributed by atoms with Gasteiger partial charge < -0.3 is 9.73 Å². The van der Waals surface area contributed by atoms with E-state index in [1.54, 1.807) is 24.3 Å². The molecule has 0 bridgehead atoms. The normalized spacial score (nSPS) is 11.0. The number of carbonyl (C=O) groups excluding carboxylic acids is 1. The van der Waals surface area contributed by atoms with Gasteiger partial charge >= 0.3 is 0 Å². The van der Waals surface area contributed by atoms with Gasteiger partial charge in [-0.15, -0.1) is 0 Å². The van der Waals surface area contributed by atoms with Crippen LogP contribution >= 0.6 is 0 Å². The summed E-state index contributed by atoms with van der Waals surface area (Å²) in [6.07, 6.45) is 0. The summed E-state index contributed by atoms with van der Waals surface area (Å²) in [6, 6.07) is 16.3. The fraction of sp³-hybridized carbons (Fsp3) is 0.0556. The van der Waals surface area contributed by atoms with Crippen molar-refractivity contribution in [1.29, 1.82) is 0 Å². The number of hydrogen-bond acceptors (Lipinski definition) is 4. The Kier molecular flexibility index (Phi) is 3.35. The van der Waals surface area contributed by atoms with Crippen LogP contribution in [0, 0.1) is 0 Å². The number of amides is 1. The molecule has 2 N–H and O–H groups in total. The van der Waals surface area contributed by atoms with Crippen LogP contribution in [0.1, 0.15) is 16.2 Å². The lowest BCUT2D eigenvalue weighted by Gasteiger charge is -2.05. The molecule has 0 saturated heterocycles. The van der Waals surface area contributed by atoms with E-state index < -0.39 is 0 Å². The van der Waals surface area contributed by atoms with Crippen LogP contribution in [0.25, 0.3) is 21.7 Å². The topological polar surface area (TPSA) is 88.0 Å². The molecular formula is C18H13N3O3. The molecular weight excluding hydrogens is 306 g/mol. The zero-order chi connectivity index (χ0) is 16.5. The fourth-order valence-corrected chi connectivity index (χ4v) is 2.65. The van der Waals surface area contributed by atoms with E-state index in [2.05, 4.69) is 15.5 Å². The molecule has 0 aliphatic rings. The van der Waals surface area contributed by atoms with Gasteiger partial charge in [-0.1, -0.05) is 36.4 Å². The van der Waals surface area contributed by atoms with Crippen LogP contribution in [0.2, 0.25) is 0 Å². The van der Waals surface area contributed by atoms with E-state index in [4.69, 9.17) is 4.42 Å². The van der Waals surface area contributed by atoms with Crippen molar-refractivity contribution in [1.82, 2.24) is 15.5 Å². The Hall–Kier alpha value is -3.41. The van der Waals surface area contributed by atoms with Gasteiger partial charge in [0.2, 0.25) is 0 Å². The van der Waals surface area contributed by atoms with Gasteiger partial charge in [0.25, 0.3) is 11.5 Å². The Morgan fingerprint density at radius 1 is 1.08 bits per heavy atom. The van der Waals surface area contributed by atoms with E-state index in [9.17, 15) is 9.59 Å². The van der Waals surface area contributed by atoms with E-state index in [-0.39, 0.29) is 23.8 Å². The van der Waals surface area contributed by atoms with Crippen molar-refractivity contribution in [3.8, 4) is 0 Å². The molecule has 0 radical (unpaired) electrons. The van der Waals surface area contributed by atoms with Crippen LogP contribution in [0.3, 0.4) is 0 Å². The minimum Gasteiger partial charge on any atom is -0.451 e. The number of benzene rings is 2. The predicted molar refractivity (Wildman–Crippen MR) is 89.7 cm³/mol. The number of rotatable bonds is 3. The molecule has 2 aromatic heterocycles. The predicted octanol–water partition coefficient (Wildman–Crippen LogP) is 2.60. The second-order valence-corrected chi connectivity index (χ2v) is 5.38. The average molecular weight is 319 g/mol. The lowest BCUT2D eigenvalue weighted by Crippen LogP contribution is -2.24. The van der Waals surface area contributed by atoms with Crippen molar-refractivity contribution in [2.45, 2.75) is 6.54 Å². The molecule has 4 rings (SSSR count). The summed E-state index contributed by atoms with van der Waals surface area (Å²) in [6.45, 7) is 0.188. The van der Waals surface area contributed by atoms with Gasteiger partial charge in [-0.2, -0.15) is 5.10 Å². The van der Waals surface area contributed by atoms with Crippen molar-refractivity contribution < 1.29 is 9.21 Å². The first-order valence-corrected chi connectivity index (χ1v) is 7.45. The molecule has 24 heavy (non-hydrogen) atoms. The van der Waals surface area contributed by atoms with Crippen molar-refractivity contribution in [2.24, 2.45) is 0 Å². The minimum atomic E-state index is -0.330. The van der Waals surface area contributed by atoms with Crippen molar-refractivity contribution in [3.05, 3.63) is 76.4 Å². The summed E-state index contributed by atoms with van der Waals surface area (Å²) in [4.78, 5) is 24.1. The summed E-state index contributed by atoms with van der Waals surface area (Å²) < 4.78 is 5.53. The molecule has 0 unspecified atom stereocenters. The van der Waals surface area contributed by atoms with Crippen molar-refractivity contribution in [2.75, 3.05) is 0 Å². The molecule has 0 aliphatic heterocycles. The summed E-state index contributed by atoms with van der Waals surface area (Å²) in [5, 5.41) is 11.4. The molecule has 0 atom stereocenters. The number of nitrogens with one attached hydrogen (secondary N) is 2. The van der Waals surface area contributed by atoms with Gasteiger partial charge in [0, 0.05) is 10.8 Å². The first kappa shape index (κ1) is 14.2. The first-order valence-electron chi connectivity index (χ1n) is 7.45. The number of carbonyl (C=O) groups is 1. The highest BCUT2D eigenvalue weighted by molar-refractivity contribution is 5.96. The van der Waals surface area contributed by atoms with Gasteiger partial charge in [0.15, 0.2) is 5.76 Å². The Morgan fingerprint density at radius 2 is 1.83 bits per heavy atom. The summed E-state index contributed by atoms with van der Waals surface area (Å²) in [5.74, 6) is -0.0896. The Bertz CT molecular complexity index is 1080. The first-order chi connectivity index (χ1) is 11.7. The maximum absolute atomic E-state index is 12.3. The lowest BCUT2D eigenvalue weighted by atomic mass is 10.1. The zero-order valence-corrected chi connectivity index (χ0v) is 12.6. The van der Waals surface area contributed by atoms with Crippen molar-refractivity contribution >= 4 is 27.6 Å². The number of aromatic amines is 1. The van der Waals surface area contributed by atoms with Crippen molar-refractivity contribution in [3.63, 3.8) is 0 Å². The van der Waals surface area contributed by atoms with Crippen LogP contribution in [-0.4, -0.2) is 16.1 Å². The monoisotopic (exact) mass is 319 g/mol. The molecule has 6 heteroatoms. The second kappa shape index (κ2) is 5.66. The van der Waals surface area contributed by atoms with Crippen LogP contribution in [0.15, 0.2) is 63.8 Å². The fourth-order valence-electron chi connectivity index (χ4n) is 2.65. The molecule has 118 valence electrons. The van der Waals surface area contributed by atoms with Crippen LogP contribution in [0.5, 0.6) is 0 Å². The lowest BCUT2D eigenvalue weighted by molar-refractivity contribution is 0.0925. The van der Waals surface area contributed by atoms with Gasteiger partial charge in [0.05, 0.1) is 17.6 Å². The molecule has 0 saturated carbocycles. The SMILES string of the molecule is O=C(NCc1n[nH]c(=O)c2ccccc12)c1cc2ccccc2o1. The molecule has 4 aromatic rings. The largest absolute Gasteiger partial charge is 0.451 e. The molecule has 6 nitrogen and oxygen atoms in total. The van der Waals surface area contributed by atoms with Gasteiger partial charge in [-0.25, -0.2) is 5.10 Å². The van der Waals surface area contributed by atoms with Gasteiger partial charge in [-0.05, 0) is 18.2 Å². The van der Waals surface area contributed by atoms with Crippen LogP contribution in [-0.2, 0) is 6.54 Å². The number of aromatic nitrogens is 2. The summed E-state index contributed by atoms with van der Waals surface area (Å²) >= 11 is 0. The Morgan fingerprint density at radius 3 is 2.67 bits per heavy atom. The van der Waals surface area contributed by atoms with Crippen LogP contribution < -0.4 is 10.9 Å². The number of furan rings is 1. The smallest absolute Gasteiger partial charge is 0.287 e. The maximum Gasteiger partial charge on any atom is 0.287 e. The third kappa shape index (κ3) is 2.44. The quantitative estimate of drug-likeness (QED) is 0.607.